The lowest BCUT2D eigenvalue weighted by Crippen LogP contribution is -2.17. The minimum absolute atomic E-state index is 0.109. The van der Waals surface area contributed by atoms with Crippen LogP contribution in [0, 0.1) is 0 Å². The average molecular weight is 991 g/mol. The van der Waals surface area contributed by atoms with Crippen LogP contribution in [0.15, 0.2) is 130 Å². The van der Waals surface area contributed by atoms with E-state index in [1.165, 1.54) is 0 Å². The van der Waals surface area contributed by atoms with E-state index in [0.717, 1.165) is 67.0 Å². The number of nitrogens with zero attached hydrogens (tertiary/aromatic N) is 6. The molecule has 370 valence electrons. The highest BCUT2D eigenvalue weighted by Gasteiger charge is 2.33. The molecular weight excluding hydrogens is 933 g/mol. The zero-order valence-electron chi connectivity index (χ0n) is 43.2. The van der Waals surface area contributed by atoms with Gasteiger partial charge in [0.2, 0.25) is 0 Å². The van der Waals surface area contributed by atoms with E-state index >= 15 is 0 Å². The number of benzene rings is 6. The van der Waals surface area contributed by atoms with Crippen LogP contribution in [0.5, 0.6) is 21.9 Å². The first-order chi connectivity index (χ1) is 34.4. The number of aromatic hydroxyl groups is 2. The van der Waals surface area contributed by atoms with Gasteiger partial charge in [-0.3, -0.25) is 0 Å². The third-order valence-electron chi connectivity index (χ3n) is 13.0. The summed E-state index contributed by atoms with van der Waals surface area (Å²) in [5.41, 5.74) is 11.3. The van der Waals surface area contributed by atoms with Gasteiger partial charge in [-0.2, -0.15) is 10.2 Å². The second kappa shape index (κ2) is 18.6. The molecule has 0 saturated heterocycles. The summed E-state index contributed by atoms with van der Waals surface area (Å²) in [6.45, 7) is 24.8. The Balaban J connectivity index is 0.955. The highest BCUT2D eigenvalue weighted by Crippen LogP contribution is 2.44. The second-order valence-electron chi connectivity index (χ2n) is 22.5. The summed E-state index contributed by atoms with van der Waals surface area (Å²) in [7, 11) is 0. The Morgan fingerprint density at radius 1 is 0.466 bits per heavy atom. The molecule has 0 aliphatic heterocycles. The number of hydrogen-bond donors (Lipinski definition) is 2. The number of phenols is 2. The van der Waals surface area contributed by atoms with Gasteiger partial charge < -0.3 is 19.7 Å². The van der Waals surface area contributed by atoms with Crippen molar-refractivity contribution in [3.63, 3.8) is 0 Å². The van der Waals surface area contributed by atoms with Crippen molar-refractivity contribution >= 4 is 47.1 Å². The Morgan fingerprint density at radius 3 is 1.11 bits per heavy atom. The van der Waals surface area contributed by atoms with Gasteiger partial charge in [0, 0.05) is 55.6 Å². The van der Waals surface area contributed by atoms with Gasteiger partial charge in [-0.1, -0.05) is 166 Å². The molecule has 0 spiro atoms. The predicted octanol–water partition coefficient (Wildman–Crippen LogP) is 13.3. The second-order valence-corrected chi connectivity index (χ2v) is 23.4. The number of aromatic nitrogens is 2. The average Bonchev–Trinajstić information content (AvgIpc) is 4.00. The minimum Gasteiger partial charge on any atom is -0.507 e. The zero-order valence-corrected chi connectivity index (χ0v) is 44.0. The lowest BCUT2D eigenvalue weighted by Gasteiger charge is -2.27. The predicted molar refractivity (Wildman–Crippen MR) is 291 cm³/mol. The van der Waals surface area contributed by atoms with Crippen molar-refractivity contribution < 1.29 is 29.3 Å². The molecule has 0 saturated carbocycles. The number of esters is 2. The monoisotopic (exact) mass is 990 g/mol. The molecule has 0 amide bonds. The molecular formula is C60H58N6O6S. The van der Waals surface area contributed by atoms with E-state index in [9.17, 15) is 19.8 Å². The molecule has 2 N–H and O–H groups in total. The number of fused-ring (bicyclic) bond motifs is 6. The van der Waals surface area contributed by atoms with Gasteiger partial charge in [-0.05, 0) is 91.6 Å². The van der Waals surface area contributed by atoms with E-state index < -0.39 is 11.9 Å². The lowest BCUT2D eigenvalue weighted by molar-refractivity contribution is 0.0722. The van der Waals surface area contributed by atoms with Gasteiger partial charge in [0.15, 0.2) is 0 Å². The molecule has 1 heterocycles. The number of hydrogen-bond acceptors (Lipinski definition) is 13. The van der Waals surface area contributed by atoms with Crippen LogP contribution in [0.25, 0.3) is 22.3 Å². The quantitative estimate of drug-likeness (QED) is 0.0861. The number of ether oxygens (including phenoxy) is 2. The molecule has 12 nitrogen and oxygen atoms in total. The molecule has 0 fully saturated rings. The van der Waals surface area contributed by atoms with Gasteiger partial charge >= 0.3 is 22.3 Å². The van der Waals surface area contributed by atoms with Gasteiger partial charge in [-0.15, -0.1) is 10.2 Å². The molecule has 2 aliphatic carbocycles. The van der Waals surface area contributed by atoms with E-state index in [1.807, 2.05) is 84.9 Å². The topological polar surface area (TPSA) is 168 Å². The van der Waals surface area contributed by atoms with Crippen LogP contribution in [0.2, 0.25) is 0 Å². The van der Waals surface area contributed by atoms with E-state index in [2.05, 4.69) is 103 Å². The first-order valence-corrected chi connectivity index (χ1v) is 24.9. The number of phenolic OH excluding ortho intramolecular Hbond substituents is 2. The van der Waals surface area contributed by atoms with Crippen LogP contribution in [-0.4, -0.2) is 56.2 Å². The molecule has 6 aromatic carbocycles. The summed E-state index contributed by atoms with van der Waals surface area (Å²) in [5.74, 6) is -0.786. The normalized spacial score (nSPS) is 14.5. The van der Waals surface area contributed by atoms with Gasteiger partial charge in [0.05, 0.1) is 23.6 Å². The maximum Gasteiger partial charge on any atom is 0.346 e. The first-order valence-electron chi connectivity index (χ1n) is 24.1. The van der Waals surface area contributed by atoms with Crippen LogP contribution >= 0.6 is 11.3 Å². The molecule has 2 aliphatic rings. The van der Waals surface area contributed by atoms with Crippen molar-refractivity contribution in [3.8, 4) is 44.1 Å². The summed E-state index contributed by atoms with van der Waals surface area (Å²) in [6, 6.07) is 33.8. The molecule has 9 rings (SSSR count). The largest absolute Gasteiger partial charge is 0.507 e. The molecule has 73 heavy (non-hydrogen) atoms. The third-order valence-corrected chi connectivity index (χ3v) is 13.6. The van der Waals surface area contributed by atoms with Gasteiger partial charge in [-0.25, -0.2) is 9.59 Å². The summed E-state index contributed by atoms with van der Waals surface area (Å²) >= 11 is 0.821. The van der Waals surface area contributed by atoms with Crippen LogP contribution < -0.4 is 9.47 Å². The molecule has 0 radical (unpaired) electrons. The van der Waals surface area contributed by atoms with E-state index in [0.29, 0.717) is 33.7 Å². The van der Waals surface area contributed by atoms with Crippen molar-refractivity contribution in [2.75, 3.05) is 0 Å². The van der Waals surface area contributed by atoms with Crippen molar-refractivity contribution in [3.05, 3.63) is 176 Å². The number of rotatable bonds is 8. The van der Waals surface area contributed by atoms with E-state index in [-0.39, 0.29) is 54.7 Å². The maximum atomic E-state index is 14.0. The fourth-order valence-corrected chi connectivity index (χ4v) is 9.89. The van der Waals surface area contributed by atoms with Gasteiger partial charge in [0.25, 0.3) is 0 Å². The van der Waals surface area contributed by atoms with Crippen LogP contribution in [0.1, 0.15) is 159 Å². The molecule has 13 heteroatoms. The Bertz CT molecular complexity index is 3220. The van der Waals surface area contributed by atoms with Crippen LogP contribution in [-0.2, 0) is 21.7 Å². The number of carbonyl (C=O) groups excluding carboxylic acids is 2. The number of carbonyl (C=O) groups is 2. The fourth-order valence-electron chi connectivity index (χ4n) is 9.34. The van der Waals surface area contributed by atoms with E-state index in [4.69, 9.17) is 19.7 Å². The smallest absolute Gasteiger partial charge is 0.346 e. The summed E-state index contributed by atoms with van der Waals surface area (Å²) < 4.78 is 11.6. The fraction of sp³-hybridized carbons (Fsp3) is 0.267. The molecule has 0 bridgehead atoms. The van der Waals surface area contributed by atoms with Crippen molar-refractivity contribution in [1.29, 1.82) is 0 Å². The van der Waals surface area contributed by atoms with Crippen molar-refractivity contribution in [1.82, 2.24) is 10.2 Å². The minimum atomic E-state index is -0.680. The molecule has 0 unspecified atom stereocenters. The van der Waals surface area contributed by atoms with Gasteiger partial charge in [0.1, 0.15) is 22.9 Å². The molecule has 7 aromatic rings. The summed E-state index contributed by atoms with van der Waals surface area (Å²) in [6.07, 6.45) is 3.37. The summed E-state index contributed by atoms with van der Waals surface area (Å²) in [4.78, 5) is 28.1. The highest BCUT2D eigenvalue weighted by atomic mass is 32.1. The Morgan fingerprint density at radius 2 is 0.781 bits per heavy atom. The summed E-state index contributed by atoms with van der Waals surface area (Å²) in [5, 5.41) is 48.9. The molecule has 1 aromatic heterocycles. The Hall–Kier alpha value is -7.90. The third kappa shape index (κ3) is 9.77. The van der Waals surface area contributed by atoms with Crippen molar-refractivity contribution in [2.45, 2.75) is 105 Å². The first kappa shape index (κ1) is 50.1. The van der Waals surface area contributed by atoms with Crippen LogP contribution in [0.4, 0.5) is 0 Å². The lowest BCUT2D eigenvalue weighted by atomic mass is 9.78. The Labute approximate surface area is 429 Å². The highest BCUT2D eigenvalue weighted by molar-refractivity contribution is 7.14. The van der Waals surface area contributed by atoms with E-state index in [1.54, 1.807) is 36.7 Å². The van der Waals surface area contributed by atoms with Crippen molar-refractivity contribution in [2.24, 2.45) is 20.4 Å². The standard InChI is InChI=1S/C60H58N6O6S/c1-57(2,3)43-27-33(28-44(51(43)67)58(4,5)6)31-61-63-49-37-21-15-13-19-35(37)47-39(49)23-17-25-41(47)53(69)71-55-65-66-56(73-55)72-54(70)42-26-18-24-40-48(42)36-20-14-16-22-38(36)50(40)64-62-32-34-29-45(59(7,8)9)52(68)46(30-34)60(10,11)12/h13-32,67-68H,1-12H3. The SMILES string of the molecule is CC(C)(C)c1cc(C=NN=C2c3ccccc3-c3c(C(=O)Oc4nnc(OC(=O)c5cccc6c5-c5ccccc5C6=NN=Cc5cc(C(C)(C)C)c(O)c(C(C)(C)C)c5)s4)cccc32)cc(C(C)(C)C)c1O. The van der Waals surface area contributed by atoms with Crippen LogP contribution in [0.3, 0.4) is 0 Å². The Kier molecular flexibility index (Phi) is 12.8. The zero-order chi connectivity index (χ0) is 52.4. The maximum absolute atomic E-state index is 14.0. The molecule has 0 atom stereocenters.